The largest absolute Gasteiger partial charge is 0.382 e. The molecule has 4 heteroatoms. The summed E-state index contributed by atoms with van der Waals surface area (Å²) in [6, 6.07) is 2.51. The van der Waals surface area contributed by atoms with Crippen molar-refractivity contribution < 1.29 is 4.79 Å². The Morgan fingerprint density at radius 3 is 3.06 bits per heavy atom. The van der Waals surface area contributed by atoms with Crippen molar-refractivity contribution in [3.8, 4) is 0 Å². The van der Waals surface area contributed by atoms with Crippen LogP contribution in [0.3, 0.4) is 0 Å². The van der Waals surface area contributed by atoms with Crippen molar-refractivity contribution in [2.75, 3.05) is 5.32 Å². The number of hydrogen-bond donors (Lipinski definition) is 1. The molecule has 0 aromatic carbocycles. The van der Waals surface area contributed by atoms with E-state index in [0.29, 0.717) is 11.6 Å². The summed E-state index contributed by atoms with van der Waals surface area (Å²) in [4.78, 5) is 15.3. The molecule has 0 bridgehead atoms. The van der Waals surface area contributed by atoms with Crippen molar-refractivity contribution in [1.29, 1.82) is 0 Å². The SMILES string of the molecule is Cn1cc(C=O)c2c(NC3CC3)ccnc21. The first-order valence-electron chi connectivity index (χ1n) is 5.45. The summed E-state index contributed by atoms with van der Waals surface area (Å²) in [6.07, 6.45) is 6.92. The van der Waals surface area contributed by atoms with E-state index < -0.39 is 0 Å². The molecular formula is C12H13N3O. The summed E-state index contributed by atoms with van der Waals surface area (Å²) in [7, 11) is 1.91. The van der Waals surface area contributed by atoms with Crippen LogP contribution in [0.2, 0.25) is 0 Å². The number of aldehydes is 1. The molecule has 2 heterocycles. The first-order chi connectivity index (χ1) is 7.79. The zero-order valence-corrected chi connectivity index (χ0v) is 9.10. The third-order valence-electron chi connectivity index (χ3n) is 2.95. The van der Waals surface area contributed by atoms with Crippen LogP contribution in [0.25, 0.3) is 11.0 Å². The van der Waals surface area contributed by atoms with E-state index in [-0.39, 0.29) is 0 Å². The maximum atomic E-state index is 11.0. The highest BCUT2D eigenvalue weighted by molar-refractivity contribution is 6.03. The van der Waals surface area contributed by atoms with Crippen LogP contribution < -0.4 is 5.32 Å². The van der Waals surface area contributed by atoms with Crippen molar-refractivity contribution in [3.05, 3.63) is 24.0 Å². The van der Waals surface area contributed by atoms with E-state index in [1.54, 1.807) is 6.20 Å². The maximum absolute atomic E-state index is 11.0. The zero-order chi connectivity index (χ0) is 11.1. The van der Waals surface area contributed by atoms with Gasteiger partial charge in [-0.15, -0.1) is 0 Å². The average Bonchev–Trinajstić information content (AvgIpc) is 3.04. The van der Waals surface area contributed by atoms with Gasteiger partial charge >= 0.3 is 0 Å². The molecule has 0 radical (unpaired) electrons. The molecule has 0 saturated heterocycles. The third kappa shape index (κ3) is 1.38. The topological polar surface area (TPSA) is 46.9 Å². The average molecular weight is 215 g/mol. The van der Waals surface area contributed by atoms with E-state index in [4.69, 9.17) is 0 Å². The smallest absolute Gasteiger partial charge is 0.152 e. The number of pyridine rings is 1. The van der Waals surface area contributed by atoms with Crippen molar-refractivity contribution in [2.24, 2.45) is 7.05 Å². The highest BCUT2D eigenvalue weighted by Gasteiger charge is 2.22. The van der Waals surface area contributed by atoms with Gasteiger partial charge in [0.05, 0.1) is 5.39 Å². The Kier molecular flexibility index (Phi) is 1.96. The number of aryl methyl sites for hydroxylation is 1. The second-order valence-corrected chi connectivity index (χ2v) is 4.29. The lowest BCUT2D eigenvalue weighted by Crippen LogP contribution is -2.02. The van der Waals surface area contributed by atoms with Gasteiger partial charge in [-0.1, -0.05) is 0 Å². The second-order valence-electron chi connectivity index (χ2n) is 4.29. The summed E-state index contributed by atoms with van der Waals surface area (Å²) in [5.41, 5.74) is 2.58. The van der Waals surface area contributed by atoms with Gasteiger partial charge in [-0.2, -0.15) is 0 Å². The lowest BCUT2D eigenvalue weighted by atomic mass is 10.2. The summed E-state index contributed by atoms with van der Waals surface area (Å²) in [5.74, 6) is 0. The van der Waals surface area contributed by atoms with Gasteiger partial charge in [-0.05, 0) is 18.9 Å². The molecule has 82 valence electrons. The number of hydrogen-bond acceptors (Lipinski definition) is 3. The molecule has 0 unspecified atom stereocenters. The Hall–Kier alpha value is -1.84. The lowest BCUT2D eigenvalue weighted by Gasteiger charge is -2.06. The van der Waals surface area contributed by atoms with Crippen LogP contribution in [-0.4, -0.2) is 21.9 Å². The number of fused-ring (bicyclic) bond motifs is 1. The van der Waals surface area contributed by atoms with Crippen LogP contribution in [0.4, 0.5) is 5.69 Å². The zero-order valence-electron chi connectivity index (χ0n) is 9.10. The fourth-order valence-electron chi connectivity index (χ4n) is 1.99. The summed E-state index contributed by atoms with van der Waals surface area (Å²) >= 11 is 0. The minimum atomic E-state index is 0.574. The predicted molar refractivity (Wildman–Crippen MR) is 62.7 cm³/mol. The molecule has 0 spiro atoms. The van der Waals surface area contributed by atoms with Crippen LogP contribution in [-0.2, 0) is 7.05 Å². The Morgan fingerprint density at radius 2 is 2.38 bits per heavy atom. The van der Waals surface area contributed by atoms with Crippen LogP contribution in [0, 0.1) is 0 Å². The normalized spacial score (nSPS) is 15.3. The van der Waals surface area contributed by atoms with Gasteiger partial charge in [-0.25, -0.2) is 4.98 Å². The van der Waals surface area contributed by atoms with Gasteiger partial charge in [-0.3, -0.25) is 4.79 Å². The Bertz CT molecular complexity index is 555. The number of carbonyl (C=O) groups is 1. The van der Waals surface area contributed by atoms with E-state index in [1.807, 2.05) is 23.9 Å². The molecule has 0 atom stereocenters. The molecule has 16 heavy (non-hydrogen) atoms. The first kappa shape index (κ1) is 9.39. The first-order valence-corrected chi connectivity index (χ1v) is 5.45. The fourth-order valence-corrected chi connectivity index (χ4v) is 1.99. The van der Waals surface area contributed by atoms with E-state index in [9.17, 15) is 4.79 Å². The Labute approximate surface area is 93.3 Å². The highest BCUT2D eigenvalue weighted by atomic mass is 16.1. The lowest BCUT2D eigenvalue weighted by molar-refractivity contribution is 0.112. The summed E-state index contributed by atoms with van der Waals surface area (Å²) in [6.45, 7) is 0. The molecule has 0 amide bonds. The van der Waals surface area contributed by atoms with Gasteiger partial charge < -0.3 is 9.88 Å². The van der Waals surface area contributed by atoms with E-state index in [1.165, 1.54) is 12.8 Å². The van der Waals surface area contributed by atoms with Gasteiger partial charge in [0.25, 0.3) is 0 Å². The summed E-state index contributed by atoms with van der Waals surface area (Å²) < 4.78 is 1.89. The fraction of sp³-hybridized carbons (Fsp3) is 0.333. The van der Waals surface area contributed by atoms with E-state index in [0.717, 1.165) is 23.0 Å². The van der Waals surface area contributed by atoms with Crippen molar-refractivity contribution >= 4 is 23.0 Å². The number of nitrogens with zero attached hydrogens (tertiary/aromatic N) is 2. The molecule has 2 aromatic rings. The number of nitrogens with one attached hydrogen (secondary N) is 1. The monoisotopic (exact) mass is 215 g/mol. The van der Waals surface area contributed by atoms with Gasteiger partial charge in [0.2, 0.25) is 0 Å². The molecule has 3 rings (SSSR count). The minimum Gasteiger partial charge on any atom is -0.382 e. The molecule has 1 N–H and O–H groups in total. The third-order valence-corrected chi connectivity index (χ3v) is 2.95. The number of carbonyl (C=O) groups excluding carboxylic acids is 1. The van der Waals surface area contributed by atoms with Gasteiger partial charge in [0.15, 0.2) is 6.29 Å². The van der Waals surface area contributed by atoms with Crippen molar-refractivity contribution in [1.82, 2.24) is 9.55 Å². The van der Waals surface area contributed by atoms with Gasteiger partial charge in [0.1, 0.15) is 5.65 Å². The van der Waals surface area contributed by atoms with Crippen LogP contribution >= 0.6 is 0 Å². The standard InChI is InChI=1S/C12H13N3O/c1-15-6-8(7-16)11-10(14-9-2-3-9)4-5-13-12(11)15/h4-7,9H,2-3H2,1H3,(H,13,14). The molecule has 0 aliphatic heterocycles. The molecule has 4 nitrogen and oxygen atoms in total. The predicted octanol–water partition coefficient (Wildman–Crippen LogP) is 1.96. The minimum absolute atomic E-state index is 0.574. The number of rotatable bonds is 3. The molecule has 1 aliphatic rings. The van der Waals surface area contributed by atoms with Crippen LogP contribution in [0.15, 0.2) is 18.5 Å². The molecule has 1 saturated carbocycles. The van der Waals surface area contributed by atoms with E-state index >= 15 is 0 Å². The van der Waals surface area contributed by atoms with Crippen molar-refractivity contribution in [3.63, 3.8) is 0 Å². The summed E-state index contributed by atoms with van der Waals surface area (Å²) in [5, 5.41) is 4.37. The molecular weight excluding hydrogens is 202 g/mol. The Morgan fingerprint density at radius 1 is 1.56 bits per heavy atom. The molecule has 2 aromatic heterocycles. The van der Waals surface area contributed by atoms with E-state index in [2.05, 4.69) is 10.3 Å². The molecule has 1 aliphatic carbocycles. The van der Waals surface area contributed by atoms with Crippen LogP contribution in [0.5, 0.6) is 0 Å². The second kappa shape index (κ2) is 3.33. The number of aromatic nitrogens is 2. The number of anilines is 1. The van der Waals surface area contributed by atoms with Crippen molar-refractivity contribution in [2.45, 2.75) is 18.9 Å². The maximum Gasteiger partial charge on any atom is 0.152 e. The van der Waals surface area contributed by atoms with Gasteiger partial charge in [0, 0.05) is 36.7 Å². The quantitative estimate of drug-likeness (QED) is 0.796. The Balaban J connectivity index is 2.21. The highest BCUT2D eigenvalue weighted by Crippen LogP contribution is 2.30. The van der Waals surface area contributed by atoms with Crippen LogP contribution in [0.1, 0.15) is 23.2 Å². The molecule has 1 fully saturated rings.